The first-order chi connectivity index (χ1) is 8.19. The molecule has 90 valence electrons. The van der Waals surface area contributed by atoms with Crippen LogP contribution in [0, 0.1) is 13.8 Å². The molecule has 0 aliphatic rings. The maximum Gasteiger partial charge on any atom is 0.182 e. The third kappa shape index (κ3) is 3.07. The van der Waals surface area contributed by atoms with E-state index in [1.54, 1.807) is 11.3 Å². The number of nitrogens with zero attached hydrogens (tertiary/aromatic N) is 1. The topological polar surface area (TPSA) is 24.9 Å². The van der Waals surface area contributed by atoms with Gasteiger partial charge in [0.15, 0.2) is 5.13 Å². The van der Waals surface area contributed by atoms with Gasteiger partial charge in [-0.3, -0.25) is 0 Å². The van der Waals surface area contributed by atoms with Gasteiger partial charge in [-0.2, -0.15) is 0 Å². The lowest BCUT2D eigenvalue weighted by molar-refractivity contribution is 0.960. The van der Waals surface area contributed by atoms with E-state index in [2.05, 4.69) is 48.4 Å². The quantitative estimate of drug-likeness (QED) is 0.891. The minimum Gasteiger partial charge on any atom is -0.365 e. The lowest BCUT2D eigenvalue weighted by Crippen LogP contribution is -1.91. The van der Waals surface area contributed by atoms with Crippen molar-refractivity contribution in [3.8, 4) is 0 Å². The van der Waals surface area contributed by atoms with Gasteiger partial charge >= 0.3 is 0 Å². The molecule has 0 aliphatic heterocycles. The van der Waals surface area contributed by atoms with Gasteiger partial charge in [-0.1, -0.05) is 29.8 Å². The Morgan fingerprint density at radius 3 is 2.71 bits per heavy atom. The molecule has 2 rings (SSSR count). The number of anilines is 1. The fourth-order valence-corrected chi connectivity index (χ4v) is 2.81. The summed E-state index contributed by atoms with van der Waals surface area (Å²) in [7, 11) is 1.92. The molecule has 1 heterocycles. The molecule has 0 saturated carbocycles. The highest BCUT2D eigenvalue weighted by Gasteiger charge is 2.06. The Hall–Kier alpha value is -1.35. The summed E-state index contributed by atoms with van der Waals surface area (Å²) in [5.74, 6) is 0. The smallest absolute Gasteiger partial charge is 0.182 e. The van der Waals surface area contributed by atoms with Crippen molar-refractivity contribution in [1.82, 2.24) is 4.98 Å². The van der Waals surface area contributed by atoms with Crippen LogP contribution in [0.1, 0.15) is 21.7 Å². The molecule has 2 nitrogen and oxygen atoms in total. The monoisotopic (exact) mass is 246 g/mol. The van der Waals surface area contributed by atoms with Gasteiger partial charge in [0, 0.05) is 11.9 Å². The number of aromatic nitrogens is 1. The summed E-state index contributed by atoms with van der Waals surface area (Å²) in [4.78, 5) is 5.85. The van der Waals surface area contributed by atoms with Crippen LogP contribution in [0.25, 0.3) is 0 Å². The molecule has 0 fully saturated rings. The van der Waals surface area contributed by atoms with Crippen molar-refractivity contribution in [2.75, 3.05) is 12.4 Å². The Kier molecular flexibility index (Phi) is 3.79. The van der Waals surface area contributed by atoms with Gasteiger partial charge < -0.3 is 5.32 Å². The lowest BCUT2D eigenvalue weighted by atomic mass is 10.1. The third-order valence-electron chi connectivity index (χ3n) is 2.83. The molecule has 1 N–H and O–H groups in total. The van der Waals surface area contributed by atoms with Crippen LogP contribution in [0.5, 0.6) is 0 Å². The van der Waals surface area contributed by atoms with Gasteiger partial charge in [0.05, 0.1) is 5.69 Å². The SMILES string of the molecule is CNc1nc(C)c(CCc2cccc(C)c2)s1. The van der Waals surface area contributed by atoms with Crippen LogP contribution in [0.4, 0.5) is 5.13 Å². The Bertz CT molecular complexity index is 503. The van der Waals surface area contributed by atoms with E-state index in [9.17, 15) is 0 Å². The summed E-state index contributed by atoms with van der Waals surface area (Å²) in [5, 5.41) is 4.12. The molecule has 0 radical (unpaired) electrons. The van der Waals surface area contributed by atoms with Crippen molar-refractivity contribution >= 4 is 16.5 Å². The first-order valence-corrected chi connectivity index (χ1v) is 6.70. The summed E-state index contributed by atoms with van der Waals surface area (Å²) in [6.45, 7) is 4.23. The molecule has 0 atom stereocenters. The maximum absolute atomic E-state index is 4.47. The number of benzene rings is 1. The fourth-order valence-electron chi connectivity index (χ4n) is 1.89. The van der Waals surface area contributed by atoms with Crippen molar-refractivity contribution < 1.29 is 0 Å². The Labute approximate surface area is 107 Å². The number of hydrogen-bond donors (Lipinski definition) is 1. The van der Waals surface area contributed by atoms with Gasteiger partial charge in [0.25, 0.3) is 0 Å². The number of aryl methyl sites for hydroxylation is 4. The second kappa shape index (κ2) is 5.32. The first kappa shape index (κ1) is 12.1. The Morgan fingerprint density at radius 1 is 1.24 bits per heavy atom. The third-order valence-corrected chi connectivity index (χ3v) is 4.06. The summed E-state index contributed by atoms with van der Waals surface area (Å²) in [6, 6.07) is 8.72. The van der Waals surface area contributed by atoms with Gasteiger partial charge in [-0.15, -0.1) is 11.3 Å². The van der Waals surface area contributed by atoms with E-state index >= 15 is 0 Å². The zero-order chi connectivity index (χ0) is 12.3. The molecule has 1 aromatic heterocycles. The maximum atomic E-state index is 4.47. The van der Waals surface area contributed by atoms with E-state index in [1.807, 2.05) is 7.05 Å². The summed E-state index contributed by atoms with van der Waals surface area (Å²) in [6.07, 6.45) is 2.17. The first-order valence-electron chi connectivity index (χ1n) is 5.88. The van der Waals surface area contributed by atoms with Crippen LogP contribution < -0.4 is 5.32 Å². The van der Waals surface area contributed by atoms with Crippen LogP contribution in [-0.4, -0.2) is 12.0 Å². The van der Waals surface area contributed by atoms with Gasteiger partial charge in [-0.25, -0.2) is 4.98 Å². The lowest BCUT2D eigenvalue weighted by Gasteiger charge is -2.01. The molecule has 0 saturated heterocycles. The average Bonchev–Trinajstić information content (AvgIpc) is 2.68. The molecule has 0 amide bonds. The predicted octanol–water partition coefficient (Wildman–Crippen LogP) is 3.59. The molecular formula is C14H18N2S. The van der Waals surface area contributed by atoms with E-state index in [-0.39, 0.29) is 0 Å². The van der Waals surface area contributed by atoms with Crippen molar-refractivity contribution in [1.29, 1.82) is 0 Å². The largest absolute Gasteiger partial charge is 0.365 e. The van der Waals surface area contributed by atoms with Crippen molar-refractivity contribution in [3.05, 3.63) is 46.0 Å². The minimum absolute atomic E-state index is 1.02. The molecule has 2 aromatic rings. The van der Waals surface area contributed by atoms with E-state index < -0.39 is 0 Å². The van der Waals surface area contributed by atoms with Crippen molar-refractivity contribution in [2.45, 2.75) is 26.7 Å². The van der Waals surface area contributed by atoms with E-state index in [4.69, 9.17) is 0 Å². The number of nitrogens with one attached hydrogen (secondary N) is 1. The molecule has 1 aromatic carbocycles. The van der Waals surface area contributed by atoms with E-state index in [0.29, 0.717) is 0 Å². The number of thiazole rings is 1. The fraction of sp³-hybridized carbons (Fsp3) is 0.357. The summed E-state index contributed by atoms with van der Waals surface area (Å²) >= 11 is 1.76. The molecular weight excluding hydrogens is 228 g/mol. The highest BCUT2D eigenvalue weighted by atomic mass is 32.1. The zero-order valence-corrected chi connectivity index (χ0v) is 11.4. The van der Waals surface area contributed by atoms with E-state index in [1.165, 1.54) is 16.0 Å². The Morgan fingerprint density at radius 2 is 2.06 bits per heavy atom. The predicted molar refractivity (Wildman–Crippen MR) is 75.0 cm³/mol. The molecule has 3 heteroatoms. The van der Waals surface area contributed by atoms with E-state index in [0.717, 1.165) is 23.7 Å². The highest BCUT2D eigenvalue weighted by molar-refractivity contribution is 7.15. The normalized spacial score (nSPS) is 10.5. The number of hydrogen-bond acceptors (Lipinski definition) is 3. The minimum atomic E-state index is 1.02. The highest BCUT2D eigenvalue weighted by Crippen LogP contribution is 2.23. The average molecular weight is 246 g/mol. The van der Waals surface area contributed by atoms with Crippen LogP contribution in [-0.2, 0) is 12.8 Å². The molecule has 0 spiro atoms. The van der Waals surface area contributed by atoms with Gasteiger partial charge in [0.1, 0.15) is 0 Å². The van der Waals surface area contributed by atoms with Crippen LogP contribution in [0.15, 0.2) is 24.3 Å². The van der Waals surface area contributed by atoms with Crippen LogP contribution in [0.2, 0.25) is 0 Å². The standard InChI is InChI=1S/C14H18N2S/c1-10-5-4-6-12(9-10)7-8-13-11(2)16-14(15-3)17-13/h4-6,9H,7-8H2,1-3H3,(H,15,16). The molecule has 0 aliphatic carbocycles. The second-order valence-corrected chi connectivity index (χ2v) is 5.35. The molecule has 0 bridgehead atoms. The number of rotatable bonds is 4. The molecule has 17 heavy (non-hydrogen) atoms. The second-order valence-electron chi connectivity index (χ2n) is 4.27. The van der Waals surface area contributed by atoms with Crippen molar-refractivity contribution in [2.24, 2.45) is 0 Å². The summed E-state index contributed by atoms with van der Waals surface area (Å²) in [5.41, 5.74) is 3.90. The summed E-state index contributed by atoms with van der Waals surface area (Å²) < 4.78 is 0. The van der Waals surface area contributed by atoms with Gasteiger partial charge in [-0.05, 0) is 32.3 Å². The van der Waals surface area contributed by atoms with Crippen LogP contribution in [0.3, 0.4) is 0 Å². The zero-order valence-electron chi connectivity index (χ0n) is 10.6. The Balaban J connectivity index is 2.04. The molecule has 0 unspecified atom stereocenters. The van der Waals surface area contributed by atoms with Crippen molar-refractivity contribution in [3.63, 3.8) is 0 Å². The van der Waals surface area contributed by atoms with Gasteiger partial charge in [0.2, 0.25) is 0 Å². The van der Waals surface area contributed by atoms with Crippen LogP contribution >= 0.6 is 11.3 Å².